The number of nitrogens with zero attached hydrogens (tertiary/aromatic N) is 1. The van der Waals surface area contributed by atoms with Crippen molar-refractivity contribution in [3.63, 3.8) is 0 Å². The first-order valence-electron chi connectivity index (χ1n) is 9.82. The summed E-state index contributed by atoms with van der Waals surface area (Å²) in [4.78, 5) is 14.7. The summed E-state index contributed by atoms with van der Waals surface area (Å²) in [5, 5.41) is 20.4. The van der Waals surface area contributed by atoms with Gasteiger partial charge >= 0.3 is 0 Å². The first-order valence-corrected chi connectivity index (χ1v) is 9.82. The molecule has 2 aromatic rings. The van der Waals surface area contributed by atoms with Gasteiger partial charge in [0.1, 0.15) is 5.75 Å². The predicted molar refractivity (Wildman–Crippen MR) is 105 cm³/mol. The molecule has 1 saturated carbocycles. The second-order valence-corrected chi connectivity index (χ2v) is 8.29. The van der Waals surface area contributed by atoms with Crippen molar-refractivity contribution in [2.24, 2.45) is 11.8 Å². The van der Waals surface area contributed by atoms with Crippen molar-refractivity contribution >= 4 is 5.78 Å². The third-order valence-corrected chi connectivity index (χ3v) is 6.16. The standard InChI is InChI=1S/C23H27NO3/c25-21-8-6-18(7-9-21)22(26)10-11-24-15-19-13-23(27,14-20(19)16-24)12-17-4-2-1-3-5-17/h1-9,19-20,25,27H,10-16H2/t19-,20+,23-. The Morgan fingerprint density at radius 3 is 2.26 bits per heavy atom. The van der Waals surface area contributed by atoms with Gasteiger partial charge in [0.05, 0.1) is 5.60 Å². The van der Waals surface area contributed by atoms with Crippen LogP contribution in [0.3, 0.4) is 0 Å². The lowest BCUT2D eigenvalue weighted by molar-refractivity contribution is 0.0353. The normalized spacial score (nSPS) is 27.6. The van der Waals surface area contributed by atoms with Gasteiger partial charge in [-0.3, -0.25) is 4.79 Å². The van der Waals surface area contributed by atoms with E-state index >= 15 is 0 Å². The van der Waals surface area contributed by atoms with Gasteiger partial charge in [-0.25, -0.2) is 0 Å². The molecule has 0 aromatic heterocycles. The Kier molecular flexibility index (Phi) is 5.02. The molecule has 4 rings (SSSR count). The Balaban J connectivity index is 1.27. The fraction of sp³-hybridized carbons (Fsp3) is 0.435. The molecule has 142 valence electrons. The Labute approximate surface area is 160 Å². The van der Waals surface area contributed by atoms with Crippen LogP contribution in [0.15, 0.2) is 54.6 Å². The van der Waals surface area contributed by atoms with E-state index in [9.17, 15) is 15.0 Å². The number of rotatable bonds is 6. The summed E-state index contributed by atoms with van der Waals surface area (Å²) in [6.45, 7) is 2.72. The maximum absolute atomic E-state index is 12.3. The van der Waals surface area contributed by atoms with Crippen LogP contribution in [-0.2, 0) is 6.42 Å². The van der Waals surface area contributed by atoms with E-state index in [1.807, 2.05) is 18.2 Å². The minimum Gasteiger partial charge on any atom is -0.508 e. The van der Waals surface area contributed by atoms with Crippen LogP contribution < -0.4 is 0 Å². The molecular formula is C23H27NO3. The highest BCUT2D eigenvalue weighted by molar-refractivity contribution is 5.96. The van der Waals surface area contributed by atoms with Crippen LogP contribution in [0.2, 0.25) is 0 Å². The van der Waals surface area contributed by atoms with E-state index in [1.165, 1.54) is 5.56 Å². The number of fused-ring (bicyclic) bond motifs is 1. The van der Waals surface area contributed by atoms with Crippen molar-refractivity contribution in [1.82, 2.24) is 4.90 Å². The van der Waals surface area contributed by atoms with Gasteiger partial charge < -0.3 is 15.1 Å². The van der Waals surface area contributed by atoms with Gasteiger partial charge in [-0.15, -0.1) is 0 Å². The topological polar surface area (TPSA) is 60.8 Å². The van der Waals surface area contributed by atoms with Crippen LogP contribution in [0.4, 0.5) is 0 Å². The van der Waals surface area contributed by atoms with Gasteiger partial charge in [0, 0.05) is 38.0 Å². The molecule has 0 bridgehead atoms. The van der Waals surface area contributed by atoms with Crippen molar-refractivity contribution in [2.45, 2.75) is 31.3 Å². The number of aliphatic hydroxyl groups is 1. The number of aromatic hydroxyl groups is 1. The Hall–Kier alpha value is -2.17. The summed E-state index contributed by atoms with van der Waals surface area (Å²) in [6, 6.07) is 16.7. The maximum Gasteiger partial charge on any atom is 0.164 e. The number of benzene rings is 2. The van der Waals surface area contributed by atoms with Crippen LogP contribution in [0.5, 0.6) is 5.75 Å². The van der Waals surface area contributed by atoms with E-state index < -0.39 is 5.60 Å². The quantitative estimate of drug-likeness (QED) is 0.772. The summed E-state index contributed by atoms with van der Waals surface area (Å²) in [5.74, 6) is 1.36. The molecule has 2 N–H and O–H groups in total. The number of phenols is 1. The molecule has 2 aliphatic rings. The van der Waals surface area contributed by atoms with Gasteiger partial charge in [-0.2, -0.15) is 0 Å². The molecule has 4 heteroatoms. The minimum atomic E-state index is -0.579. The molecule has 2 aromatic carbocycles. The van der Waals surface area contributed by atoms with Crippen molar-refractivity contribution in [1.29, 1.82) is 0 Å². The molecule has 27 heavy (non-hydrogen) atoms. The Morgan fingerprint density at radius 2 is 1.63 bits per heavy atom. The van der Waals surface area contributed by atoms with E-state index in [0.717, 1.165) is 38.9 Å². The zero-order valence-electron chi connectivity index (χ0n) is 15.6. The SMILES string of the molecule is O=C(CCN1C[C@@H]2C[C@@](O)(Cc3ccccc3)C[C@@H]2C1)c1ccc(O)cc1. The average molecular weight is 365 g/mol. The summed E-state index contributed by atoms with van der Waals surface area (Å²) in [7, 11) is 0. The highest BCUT2D eigenvalue weighted by Gasteiger charge is 2.47. The number of carbonyl (C=O) groups excluding carboxylic acids is 1. The number of hydrogen-bond donors (Lipinski definition) is 2. The first-order chi connectivity index (χ1) is 13.0. The van der Waals surface area contributed by atoms with Gasteiger partial charge in [0.15, 0.2) is 5.78 Å². The number of ketones is 1. The smallest absolute Gasteiger partial charge is 0.164 e. The summed E-state index contributed by atoms with van der Waals surface area (Å²) in [6.07, 6.45) is 2.95. The van der Waals surface area contributed by atoms with Crippen molar-refractivity contribution in [3.8, 4) is 5.75 Å². The van der Waals surface area contributed by atoms with Gasteiger partial charge in [0.25, 0.3) is 0 Å². The maximum atomic E-state index is 12.3. The van der Waals surface area contributed by atoms with E-state index in [1.54, 1.807) is 24.3 Å². The Bertz CT molecular complexity index is 773. The lowest BCUT2D eigenvalue weighted by Gasteiger charge is -2.26. The molecule has 1 aliphatic carbocycles. The monoisotopic (exact) mass is 365 g/mol. The molecule has 0 spiro atoms. The fourth-order valence-corrected chi connectivity index (χ4v) is 4.91. The number of phenolic OH excluding ortho intramolecular Hbond substituents is 1. The lowest BCUT2D eigenvalue weighted by atomic mass is 9.91. The zero-order valence-corrected chi connectivity index (χ0v) is 15.6. The lowest BCUT2D eigenvalue weighted by Crippen LogP contribution is -2.32. The summed E-state index contributed by atoms with van der Waals surface area (Å²) >= 11 is 0. The van der Waals surface area contributed by atoms with Crippen molar-refractivity contribution in [3.05, 3.63) is 65.7 Å². The molecule has 1 heterocycles. The van der Waals surface area contributed by atoms with E-state index in [2.05, 4.69) is 17.0 Å². The molecule has 1 aliphatic heterocycles. The number of carbonyl (C=O) groups is 1. The minimum absolute atomic E-state index is 0.118. The van der Waals surface area contributed by atoms with Crippen LogP contribution in [0, 0.1) is 11.8 Å². The summed E-state index contributed by atoms with van der Waals surface area (Å²) in [5.41, 5.74) is 1.28. The molecule has 4 nitrogen and oxygen atoms in total. The number of Topliss-reactive ketones (excluding diaryl/α,β-unsaturated/α-hetero) is 1. The van der Waals surface area contributed by atoms with Gasteiger partial charge in [-0.1, -0.05) is 30.3 Å². The zero-order chi connectivity index (χ0) is 18.9. The van der Waals surface area contributed by atoms with Crippen LogP contribution in [0.1, 0.15) is 35.2 Å². The Morgan fingerprint density at radius 1 is 1.00 bits per heavy atom. The van der Waals surface area contributed by atoms with E-state index in [4.69, 9.17) is 0 Å². The molecular weight excluding hydrogens is 338 g/mol. The highest BCUT2D eigenvalue weighted by Crippen LogP contribution is 2.45. The molecule has 0 radical (unpaired) electrons. The molecule has 0 amide bonds. The predicted octanol–water partition coefficient (Wildman–Crippen LogP) is 3.28. The van der Waals surface area contributed by atoms with Crippen molar-refractivity contribution in [2.75, 3.05) is 19.6 Å². The van der Waals surface area contributed by atoms with Gasteiger partial charge in [0.2, 0.25) is 0 Å². The third-order valence-electron chi connectivity index (χ3n) is 6.16. The largest absolute Gasteiger partial charge is 0.508 e. The first kappa shape index (κ1) is 18.2. The molecule has 3 atom stereocenters. The number of likely N-dealkylation sites (tertiary alicyclic amines) is 1. The molecule has 0 unspecified atom stereocenters. The van der Waals surface area contributed by atoms with Crippen LogP contribution in [0.25, 0.3) is 0 Å². The van der Waals surface area contributed by atoms with Crippen LogP contribution >= 0.6 is 0 Å². The van der Waals surface area contributed by atoms with Gasteiger partial charge in [-0.05, 0) is 54.5 Å². The highest BCUT2D eigenvalue weighted by atomic mass is 16.3. The summed E-state index contributed by atoms with van der Waals surface area (Å²) < 4.78 is 0. The molecule has 1 saturated heterocycles. The third kappa shape index (κ3) is 4.23. The van der Waals surface area contributed by atoms with E-state index in [-0.39, 0.29) is 11.5 Å². The van der Waals surface area contributed by atoms with E-state index in [0.29, 0.717) is 23.8 Å². The van der Waals surface area contributed by atoms with Crippen molar-refractivity contribution < 1.29 is 15.0 Å². The second kappa shape index (κ2) is 7.45. The average Bonchev–Trinajstić information content (AvgIpc) is 3.15. The molecule has 2 fully saturated rings. The fourth-order valence-electron chi connectivity index (χ4n) is 4.91. The van der Waals surface area contributed by atoms with Crippen LogP contribution in [-0.4, -0.2) is 46.1 Å². The second-order valence-electron chi connectivity index (χ2n) is 8.29. The number of hydrogen-bond acceptors (Lipinski definition) is 4.